The van der Waals surface area contributed by atoms with E-state index in [0.29, 0.717) is 21.3 Å². The lowest BCUT2D eigenvalue weighted by molar-refractivity contribution is -0.116. The minimum absolute atomic E-state index is 0.0111. The Hall–Kier alpha value is -2.85. The van der Waals surface area contributed by atoms with E-state index in [4.69, 9.17) is 0 Å². The molecule has 146 valence electrons. The maximum Gasteiger partial charge on any atom is 0.387 e. The van der Waals surface area contributed by atoms with E-state index in [1.54, 1.807) is 41.1 Å². The van der Waals surface area contributed by atoms with Gasteiger partial charge in [-0.15, -0.1) is 22.7 Å². The molecule has 2 aromatic heterocycles. The molecule has 2 N–H and O–H groups in total. The van der Waals surface area contributed by atoms with Crippen molar-refractivity contribution in [1.29, 1.82) is 0 Å². The fourth-order valence-electron chi connectivity index (χ4n) is 2.30. The Morgan fingerprint density at radius 1 is 1.14 bits per heavy atom. The molecule has 0 spiro atoms. The molecule has 0 aliphatic carbocycles. The lowest BCUT2D eigenvalue weighted by Gasteiger charge is -2.08. The topological polar surface area (TPSA) is 80.3 Å². The average molecular weight is 423 g/mol. The molecule has 28 heavy (non-hydrogen) atoms. The van der Waals surface area contributed by atoms with Crippen LogP contribution < -0.4 is 15.4 Å². The SMILES string of the molecule is O=C(CCNC(=O)c1cccs1)Nc1nc(-c2ccccc2OC(F)F)cs1. The highest BCUT2D eigenvalue weighted by Gasteiger charge is 2.14. The minimum atomic E-state index is -2.94. The number of carbonyl (C=O) groups is 2. The molecule has 6 nitrogen and oxygen atoms in total. The Balaban J connectivity index is 1.54. The lowest BCUT2D eigenvalue weighted by atomic mass is 10.1. The van der Waals surface area contributed by atoms with Crippen molar-refractivity contribution >= 4 is 39.6 Å². The Bertz CT molecular complexity index is 945. The van der Waals surface area contributed by atoms with Crippen LogP contribution in [-0.4, -0.2) is 30.0 Å². The van der Waals surface area contributed by atoms with Gasteiger partial charge < -0.3 is 15.4 Å². The first-order valence-electron chi connectivity index (χ1n) is 8.14. The minimum Gasteiger partial charge on any atom is -0.434 e. The molecular formula is C18H15F2N3O3S2. The van der Waals surface area contributed by atoms with Crippen LogP contribution in [0.15, 0.2) is 47.2 Å². The molecule has 3 rings (SSSR count). The van der Waals surface area contributed by atoms with E-state index in [1.807, 2.05) is 0 Å². The second-order valence-corrected chi connectivity index (χ2v) is 7.25. The van der Waals surface area contributed by atoms with Gasteiger partial charge in [0.2, 0.25) is 5.91 Å². The van der Waals surface area contributed by atoms with Crippen LogP contribution in [0.25, 0.3) is 11.3 Å². The van der Waals surface area contributed by atoms with E-state index >= 15 is 0 Å². The third-order valence-electron chi connectivity index (χ3n) is 3.51. The molecular weight excluding hydrogens is 408 g/mol. The van der Waals surface area contributed by atoms with Crippen molar-refractivity contribution in [3.8, 4) is 17.0 Å². The fraction of sp³-hybridized carbons (Fsp3) is 0.167. The lowest BCUT2D eigenvalue weighted by Crippen LogP contribution is -2.27. The fourth-order valence-corrected chi connectivity index (χ4v) is 3.66. The number of hydrogen-bond donors (Lipinski definition) is 2. The number of rotatable bonds is 8. The number of hydrogen-bond acceptors (Lipinski definition) is 6. The third kappa shape index (κ3) is 5.33. The first-order valence-corrected chi connectivity index (χ1v) is 9.90. The van der Waals surface area contributed by atoms with E-state index in [9.17, 15) is 18.4 Å². The molecule has 2 amide bonds. The van der Waals surface area contributed by atoms with Gasteiger partial charge in [0.25, 0.3) is 5.91 Å². The third-order valence-corrected chi connectivity index (χ3v) is 5.14. The number of ether oxygens (including phenoxy) is 1. The first kappa shape index (κ1) is 19.9. The molecule has 1 aromatic carbocycles. The number of thiophene rings is 1. The zero-order valence-corrected chi connectivity index (χ0v) is 16.0. The quantitative estimate of drug-likeness (QED) is 0.568. The van der Waals surface area contributed by atoms with Gasteiger partial charge in [0.1, 0.15) is 5.75 Å². The summed E-state index contributed by atoms with van der Waals surface area (Å²) in [6, 6.07) is 9.78. The average Bonchev–Trinajstić information content (AvgIpc) is 3.33. The van der Waals surface area contributed by atoms with Crippen molar-refractivity contribution < 1.29 is 23.1 Å². The molecule has 0 unspecified atom stereocenters. The maximum absolute atomic E-state index is 12.5. The van der Waals surface area contributed by atoms with Crippen molar-refractivity contribution in [2.45, 2.75) is 13.0 Å². The van der Waals surface area contributed by atoms with Crippen molar-refractivity contribution in [1.82, 2.24) is 10.3 Å². The van der Waals surface area contributed by atoms with Gasteiger partial charge in [-0.3, -0.25) is 9.59 Å². The van der Waals surface area contributed by atoms with E-state index < -0.39 is 6.61 Å². The zero-order chi connectivity index (χ0) is 19.9. The number of alkyl halides is 2. The number of nitrogens with one attached hydrogen (secondary N) is 2. The summed E-state index contributed by atoms with van der Waals surface area (Å²) < 4.78 is 29.6. The summed E-state index contributed by atoms with van der Waals surface area (Å²) in [6.07, 6.45) is 0.0805. The summed E-state index contributed by atoms with van der Waals surface area (Å²) in [5, 5.41) is 9.06. The largest absolute Gasteiger partial charge is 0.434 e. The van der Waals surface area contributed by atoms with Crippen LogP contribution in [-0.2, 0) is 4.79 Å². The summed E-state index contributed by atoms with van der Waals surface area (Å²) >= 11 is 2.49. The van der Waals surface area contributed by atoms with E-state index in [0.717, 1.165) is 0 Å². The summed E-state index contributed by atoms with van der Waals surface area (Å²) in [5.74, 6) is -0.531. The number of aromatic nitrogens is 1. The van der Waals surface area contributed by atoms with E-state index in [-0.39, 0.29) is 30.5 Å². The molecule has 0 radical (unpaired) electrons. The van der Waals surface area contributed by atoms with Gasteiger partial charge in [-0.1, -0.05) is 18.2 Å². The second kappa shape index (κ2) is 9.38. The summed E-state index contributed by atoms with van der Waals surface area (Å²) in [4.78, 5) is 28.7. The van der Waals surface area contributed by atoms with Gasteiger partial charge in [-0.2, -0.15) is 8.78 Å². The summed E-state index contributed by atoms with van der Waals surface area (Å²) in [5.41, 5.74) is 0.824. The van der Waals surface area contributed by atoms with E-state index in [1.165, 1.54) is 28.7 Å². The van der Waals surface area contributed by atoms with Crippen LogP contribution >= 0.6 is 22.7 Å². The van der Waals surface area contributed by atoms with Crippen molar-refractivity contribution in [2.24, 2.45) is 0 Å². The van der Waals surface area contributed by atoms with Crippen molar-refractivity contribution in [2.75, 3.05) is 11.9 Å². The van der Waals surface area contributed by atoms with Crippen LogP contribution in [0.5, 0.6) is 5.75 Å². The van der Waals surface area contributed by atoms with Crippen LogP contribution in [0.3, 0.4) is 0 Å². The molecule has 0 atom stereocenters. The maximum atomic E-state index is 12.5. The molecule has 0 aliphatic heterocycles. The van der Waals surface area contributed by atoms with Crippen LogP contribution in [0.4, 0.5) is 13.9 Å². The predicted molar refractivity (Wildman–Crippen MR) is 104 cm³/mol. The van der Waals surface area contributed by atoms with Crippen molar-refractivity contribution in [3.63, 3.8) is 0 Å². The van der Waals surface area contributed by atoms with E-state index in [2.05, 4.69) is 20.4 Å². The molecule has 10 heteroatoms. The second-order valence-electron chi connectivity index (χ2n) is 5.44. The summed E-state index contributed by atoms with van der Waals surface area (Å²) in [7, 11) is 0. The number of carbonyl (C=O) groups excluding carboxylic acids is 2. The Kier molecular flexibility index (Phi) is 6.66. The van der Waals surface area contributed by atoms with Gasteiger partial charge in [-0.25, -0.2) is 4.98 Å². The van der Waals surface area contributed by atoms with Crippen LogP contribution in [0, 0.1) is 0 Å². The van der Waals surface area contributed by atoms with Gasteiger partial charge in [0, 0.05) is 23.9 Å². The molecule has 2 heterocycles. The molecule has 0 bridgehead atoms. The molecule has 0 saturated carbocycles. The number of halogens is 2. The van der Waals surface area contributed by atoms with Gasteiger partial charge in [0.15, 0.2) is 5.13 Å². The number of thiazole rings is 1. The smallest absolute Gasteiger partial charge is 0.387 e. The number of nitrogens with zero attached hydrogens (tertiary/aromatic N) is 1. The Labute approximate surface area is 167 Å². The molecule has 3 aromatic rings. The summed E-state index contributed by atoms with van der Waals surface area (Å²) in [6.45, 7) is -2.75. The standard InChI is InChI=1S/C18H15F2N3O3S2/c19-17(20)26-13-5-2-1-4-11(13)12-10-28-18(22-12)23-15(24)7-8-21-16(25)14-6-3-9-27-14/h1-6,9-10,17H,7-8H2,(H,21,25)(H,22,23,24). The highest BCUT2D eigenvalue weighted by Crippen LogP contribution is 2.32. The number of benzene rings is 1. The molecule has 0 fully saturated rings. The first-order chi connectivity index (χ1) is 13.5. The monoisotopic (exact) mass is 423 g/mol. The van der Waals surface area contributed by atoms with Crippen LogP contribution in [0.1, 0.15) is 16.1 Å². The zero-order valence-electron chi connectivity index (χ0n) is 14.4. The Morgan fingerprint density at radius 2 is 1.96 bits per heavy atom. The normalized spacial score (nSPS) is 10.7. The molecule has 0 saturated heterocycles. The van der Waals surface area contributed by atoms with Gasteiger partial charge >= 0.3 is 6.61 Å². The Morgan fingerprint density at radius 3 is 2.71 bits per heavy atom. The molecule has 0 aliphatic rings. The highest BCUT2D eigenvalue weighted by molar-refractivity contribution is 7.14. The van der Waals surface area contributed by atoms with Gasteiger partial charge in [-0.05, 0) is 23.6 Å². The predicted octanol–water partition coefficient (Wildman–Crippen LogP) is 4.23. The number of para-hydroxylation sites is 1. The number of amides is 2. The highest BCUT2D eigenvalue weighted by atomic mass is 32.1. The van der Waals surface area contributed by atoms with Gasteiger partial charge in [0.05, 0.1) is 10.6 Å². The number of anilines is 1. The van der Waals surface area contributed by atoms with Crippen LogP contribution in [0.2, 0.25) is 0 Å². The van der Waals surface area contributed by atoms with Crippen molar-refractivity contribution in [3.05, 3.63) is 52.0 Å².